The molecule has 0 amide bonds. The molecular weight excluding hydrogens is 294 g/mol. The van der Waals surface area contributed by atoms with Gasteiger partial charge in [0.25, 0.3) is 5.56 Å². The maximum atomic E-state index is 12.5. The molecule has 1 aliphatic carbocycles. The van der Waals surface area contributed by atoms with E-state index in [1.165, 1.54) is 15.3 Å². The lowest BCUT2D eigenvalue weighted by molar-refractivity contribution is 0.414. The number of hydrogen-bond donors (Lipinski definition) is 0. The van der Waals surface area contributed by atoms with Crippen molar-refractivity contribution in [3.05, 3.63) is 62.4 Å². The highest BCUT2D eigenvalue weighted by atomic mass is 16.5. The van der Waals surface area contributed by atoms with Crippen LogP contribution in [0.5, 0.6) is 5.75 Å². The Labute approximate surface area is 133 Å². The highest BCUT2D eigenvalue weighted by Gasteiger charge is 2.26. The number of aryl methyl sites for hydroxylation is 1. The quantitative estimate of drug-likeness (QED) is 0.838. The van der Waals surface area contributed by atoms with Crippen LogP contribution in [0, 0.1) is 11.3 Å². The molecular formula is C17H17N3O3. The molecule has 1 fully saturated rings. The van der Waals surface area contributed by atoms with Crippen molar-refractivity contribution in [3.63, 3.8) is 0 Å². The molecule has 0 atom stereocenters. The second kappa shape index (κ2) is 6.13. The van der Waals surface area contributed by atoms with Gasteiger partial charge in [0.05, 0.1) is 7.11 Å². The van der Waals surface area contributed by atoms with Crippen molar-refractivity contribution in [2.24, 2.45) is 0 Å². The summed E-state index contributed by atoms with van der Waals surface area (Å²) in [4.78, 5) is 24.7. The molecule has 1 saturated carbocycles. The Morgan fingerprint density at radius 1 is 1.26 bits per heavy atom. The number of nitrogens with zero attached hydrogens (tertiary/aromatic N) is 3. The van der Waals surface area contributed by atoms with Crippen LogP contribution < -0.4 is 16.0 Å². The van der Waals surface area contributed by atoms with Gasteiger partial charge in [0.15, 0.2) is 0 Å². The SMILES string of the molecule is COc1ccc(CCn2c(=O)c(C#N)cn(C3CC3)c2=O)cc1. The van der Waals surface area contributed by atoms with Gasteiger partial charge < -0.3 is 4.74 Å². The second-order valence-corrected chi connectivity index (χ2v) is 5.63. The maximum absolute atomic E-state index is 12.5. The lowest BCUT2D eigenvalue weighted by Crippen LogP contribution is -2.41. The molecule has 0 unspecified atom stereocenters. The fourth-order valence-corrected chi connectivity index (χ4v) is 2.54. The molecule has 6 nitrogen and oxygen atoms in total. The van der Waals surface area contributed by atoms with Crippen LogP contribution in [0.15, 0.2) is 40.1 Å². The summed E-state index contributed by atoms with van der Waals surface area (Å²) in [6.45, 7) is 0.256. The summed E-state index contributed by atoms with van der Waals surface area (Å²) >= 11 is 0. The van der Waals surface area contributed by atoms with E-state index in [0.29, 0.717) is 6.42 Å². The highest BCUT2D eigenvalue weighted by Crippen LogP contribution is 2.33. The zero-order valence-electron chi connectivity index (χ0n) is 12.9. The average molecular weight is 311 g/mol. The van der Waals surface area contributed by atoms with E-state index in [1.54, 1.807) is 7.11 Å². The molecule has 118 valence electrons. The first kappa shape index (κ1) is 15.1. The summed E-state index contributed by atoms with van der Waals surface area (Å²) in [6.07, 6.45) is 3.77. The normalized spacial score (nSPS) is 13.6. The van der Waals surface area contributed by atoms with Crippen LogP contribution in [-0.2, 0) is 13.0 Å². The van der Waals surface area contributed by atoms with Crippen molar-refractivity contribution >= 4 is 0 Å². The molecule has 0 bridgehead atoms. The van der Waals surface area contributed by atoms with Crippen molar-refractivity contribution in [1.82, 2.24) is 9.13 Å². The third kappa shape index (κ3) is 3.04. The van der Waals surface area contributed by atoms with Crippen LogP contribution in [0.25, 0.3) is 0 Å². The summed E-state index contributed by atoms with van der Waals surface area (Å²) < 4.78 is 7.79. The smallest absolute Gasteiger partial charge is 0.331 e. The first-order chi connectivity index (χ1) is 11.1. The van der Waals surface area contributed by atoms with Crippen LogP contribution in [-0.4, -0.2) is 16.2 Å². The predicted molar refractivity (Wildman–Crippen MR) is 84.6 cm³/mol. The molecule has 3 rings (SSSR count). The van der Waals surface area contributed by atoms with Crippen molar-refractivity contribution in [2.75, 3.05) is 7.11 Å². The molecule has 2 aromatic rings. The van der Waals surface area contributed by atoms with E-state index in [9.17, 15) is 9.59 Å². The zero-order chi connectivity index (χ0) is 16.4. The van der Waals surface area contributed by atoms with E-state index in [4.69, 9.17) is 10.00 Å². The lowest BCUT2D eigenvalue weighted by Gasteiger charge is -2.10. The van der Waals surface area contributed by atoms with Crippen molar-refractivity contribution in [2.45, 2.75) is 31.8 Å². The number of aromatic nitrogens is 2. The number of rotatable bonds is 5. The number of hydrogen-bond acceptors (Lipinski definition) is 4. The summed E-state index contributed by atoms with van der Waals surface area (Å²) in [6, 6.07) is 9.50. The Morgan fingerprint density at radius 2 is 1.96 bits per heavy atom. The van der Waals surface area contributed by atoms with Gasteiger partial charge >= 0.3 is 5.69 Å². The minimum atomic E-state index is -0.511. The third-order valence-corrected chi connectivity index (χ3v) is 4.04. The maximum Gasteiger partial charge on any atom is 0.331 e. The van der Waals surface area contributed by atoms with E-state index >= 15 is 0 Å². The molecule has 1 aliphatic rings. The molecule has 1 aromatic carbocycles. The molecule has 0 saturated heterocycles. The van der Waals surface area contributed by atoms with Gasteiger partial charge in [0.1, 0.15) is 17.4 Å². The number of nitriles is 1. The third-order valence-electron chi connectivity index (χ3n) is 4.04. The predicted octanol–water partition coefficient (Wildman–Crippen LogP) is 1.47. The average Bonchev–Trinajstić information content (AvgIpc) is 3.40. The van der Waals surface area contributed by atoms with Gasteiger partial charge in [-0.3, -0.25) is 13.9 Å². The molecule has 0 N–H and O–H groups in total. The van der Waals surface area contributed by atoms with E-state index in [-0.39, 0.29) is 23.8 Å². The summed E-state index contributed by atoms with van der Waals surface area (Å²) in [5, 5.41) is 9.11. The van der Waals surface area contributed by atoms with Crippen molar-refractivity contribution < 1.29 is 4.74 Å². The van der Waals surface area contributed by atoms with Gasteiger partial charge in [-0.05, 0) is 37.0 Å². The van der Waals surface area contributed by atoms with E-state index in [0.717, 1.165) is 24.2 Å². The van der Waals surface area contributed by atoms with Crippen LogP contribution >= 0.6 is 0 Å². The van der Waals surface area contributed by atoms with Gasteiger partial charge in [-0.25, -0.2) is 4.79 Å². The molecule has 1 aromatic heterocycles. The van der Waals surface area contributed by atoms with Crippen LogP contribution in [0.1, 0.15) is 30.0 Å². The Kier molecular flexibility index (Phi) is 4.02. The van der Waals surface area contributed by atoms with Gasteiger partial charge in [-0.15, -0.1) is 0 Å². The monoisotopic (exact) mass is 311 g/mol. The van der Waals surface area contributed by atoms with E-state index in [1.807, 2.05) is 30.3 Å². The first-order valence-corrected chi connectivity index (χ1v) is 7.53. The van der Waals surface area contributed by atoms with Gasteiger partial charge in [0, 0.05) is 18.8 Å². The Bertz CT molecular complexity index is 868. The van der Waals surface area contributed by atoms with Gasteiger partial charge in [-0.1, -0.05) is 12.1 Å². The van der Waals surface area contributed by atoms with Crippen molar-refractivity contribution in [1.29, 1.82) is 5.26 Å². The minimum absolute atomic E-state index is 0.0197. The Hall–Kier alpha value is -2.81. The van der Waals surface area contributed by atoms with Gasteiger partial charge in [-0.2, -0.15) is 5.26 Å². The molecule has 6 heteroatoms. The molecule has 0 aliphatic heterocycles. The number of methoxy groups -OCH3 is 1. The number of benzene rings is 1. The zero-order valence-corrected chi connectivity index (χ0v) is 12.9. The molecule has 0 radical (unpaired) electrons. The standard InChI is InChI=1S/C17H17N3O3/c1-23-15-6-2-12(3-7-15)8-9-19-16(21)13(10-18)11-20(17(19)22)14-4-5-14/h2-3,6-7,11,14H,4-5,8-9H2,1H3. The van der Waals surface area contributed by atoms with E-state index in [2.05, 4.69) is 0 Å². The minimum Gasteiger partial charge on any atom is -0.497 e. The first-order valence-electron chi connectivity index (χ1n) is 7.53. The molecule has 23 heavy (non-hydrogen) atoms. The fourth-order valence-electron chi connectivity index (χ4n) is 2.54. The molecule has 1 heterocycles. The van der Waals surface area contributed by atoms with Crippen LogP contribution in [0.4, 0.5) is 0 Å². The summed E-state index contributed by atoms with van der Waals surface area (Å²) in [7, 11) is 1.60. The highest BCUT2D eigenvalue weighted by molar-refractivity contribution is 5.27. The Balaban J connectivity index is 1.89. The second-order valence-electron chi connectivity index (χ2n) is 5.63. The van der Waals surface area contributed by atoms with E-state index < -0.39 is 5.56 Å². The van der Waals surface area contributed by atoms with Crippen molar-refractivity contribution in [3.8, 4) is 11.8 Å². The topological polar surface area (TPSA) is 77.0 Å². The van der Waals surface area contributed by atoms with Gasteiger partial charge in [0.2, 0.25) is 0 Å². The lowest BCUT2D eigenvalue weighted by atomic mass is 10.1. The largest absolute Gasteiger partial charge is 0.497 e. The number of ether oxygens (including phenoxy) is 1. The van der Waals surface area contributed by atoms with Crippen LogP contribution in [0.3, 0.4) is 0 Å². The molecule has 0 spiro atoms. The summed E-state index contributed by atoms with van der Waals surface area (Å²) in [5.74, 6) is 0.758. The van der Waals surface area contributed by atoms with Crippen LogP contribution in [0.2, 0.25) is 0 Å². The fraction of sp³-hybridized carbons (Fsp3) is 0.353. The Morgan fingerprint density at radius 3 is 2.52 bits per heavy atom. The summed E-state index contributed by atoms with van der Waals surface area (Å²) in [5.41, 5.74) is 0.177.